The molecule has 0 unspecified atom stereocenters. The van der Waals surface area contributed by atoms with Crippen molar-refractivity contribution in [2.24, 2.45) is 0 Å². The van der Waals surface area contributed by atoms with E-state index < -0.39 is 28.3 Å². The minimum absolute atomic E-state index is 0.0113. The van der Waals surface area contributed by atoms with E-state index in [2.05, 4.69) is 5.32 Å². The van der Waals surface area contributed by atoms with Crippen molar-refractivity contribution in [3.63, 3.8) is 0 Å². The molecule has 0 aliphatic rings. The zero-order valence-corrected chi connectivity index (χ0v) is 17.8. The minimum Gasteiger partial charge on any atom is -0.350 e. The van der Waals surface area contributed by atoms with Gasteiger partial charge in [-0.05, 0) is 48.4 Å². The summed E-state index contributed by atoms with van der Waals surface area (Å²) < 4.78 is 40.9. The Morgan fingerprint density at radius 2 is 1.70 bits per heavy atom. The number of rotatable bonds is 7. The summed E-state index contributed by atoms with van der Waals surface area (Å²) in [6.07, 6.45) is 0. The third-order valence-electron chi connectivity index (χ3n) is 4.55. The van der Waals surface area contributed by atoms with E-state index in [0.29, 0.717) is 0 Å². The Bertz CT molecular complexity index is 1150. The zero-order chi connectivity index (χ0) is 21.7. The Labute approximate surface area is 180 Å². The number of hydrogen-bond acceptors (Lipinski definition) is 3. The molecule has 0 bridgehead atoms. The number of amides is 1. The SMILES string of the molecule is Cc1ccccc1CNC(=O)CN(c1ccc(F)c(Cl)c1)S(=O)(=O)c1ccccc1. The normalized spacial score (nSPS) is 11.2. The van der Waals surface area contributed by atoms with Crippen molar-refractivity contribution >= 4 is 33.2 Å². The van der Waals surface area contributed by atoms with Crippen LogP contribution in [0.15, 0.2) is 77.7 Å². The number of nitrogens with one attached hydrogen (secondary N) is 1. The molecule has 0 atom stereocenters. The lowest BCUT2D eigenvalue weighted by Crippen LogP contribution is -2.40. The van der Waals surface area contributed by atoms with Gasteiger partial charge in [0.15, 0.2) is 0 Å². The van der Waals surface area contributed by atoms with Gasteiger partial charge in [0, 0.05) is 6.54 Å². The number of benzene rings is 3. The topological polar surface area (TPSA) is 66.5 Å². The summed E-state index contributed by atoms with van der Waals surface area (Å²) in [7, 11) is -4.08. The van der Waals surface area contributed by atoms with Crippen LogP contribution in [-0.4, -0.2) is 20.9 Å². The van der Waals surface area contributed by atoms with Gasteiger partial charge in [0.25, 0.3) is 10.0 Å². The number of halogens is 2. The zero-order valence-electron chi connectivity index (χ0n) is 16.2. The second-order valence-electron chi connectivity index (χ2n) is 6.63. The maximum absolute atomic E-state index is 13.6. The maximum atomic E-state index is 13.6. The van der Waals surface area contributed by atoms with Gasteiger partial charge in [-0.2, -0.15) is 0 Å². The highest BCUT2D eigenvalue weighted by atomic mass is 35.5. The summed E-state index contributed by atoms with van der Waals surface area (Å²) in [5.74, 6) is -1.18. The number of sulfonamides is 1. The van der Waals surface area contributed by atoms with Crippen LogP contribution >= 0.6 is 11.6 Å². The Morgan fingerprint density at radius 3 is 2.37 bits per heavy atom. The second kappa shape index (κ2) is 9.28. The number of nitrogens with zero attached hydrogens (tertiary/aromatic N) is 1. The molecule has 0 aliphatic carbocycles. The predicted octanol–water partition coefficient (Wildman–Crippen LogP) is 4.30. The molecule has 3 aromatic carbocycles. The summed E-state index contributed by atoms with van der Waals surface area (Å²) in [5.41, 5.74) is 2.03. The van der Waals surface area contributed by atoms with Crippen molar-refractivity contribution in [2.45, 2.75) is 18.4 Å². The Hall–Kier alpha value is -2.90. The molecular formula is C22H20ClFN2O3S. The first-order valence-electron chi connectivity index (χ1n) is 9.13. The van der Waals surface area contributed by atoms with Crippen molar-refractivity contribution in [1.29, 1.82) is 0 Å². The smallest absolute Gasteiger partial charge is 0.264 e. The van der Waals surface area contributed by atoms with Crippen LogP contribution in [0, 0.1) is 12.7 Å². The maximum Gasteiger partial charge on any atom is 0.264 e. The summed E-state index contributed by atoms with van der Waals surface area (Å²) in [4.78, 5) is 12.6. The molecule has 1 N–H and O–H groups in total. The molecule has 0 aromatic heterocycles. The lowest BCUT2D eigenvalue weighted by molar-refractivity contribution is -0.119. The summed E-state index contributed by atoms with van der Waals surface area (Å²) in [6, 6.07) is 18.8. The van der Waals surface area contributed by atoms with E-state index in [1.54, 1.807) is 18.2 Å². The molecule has 0 aliphatic heterocycles. The molecule has 0 heterocycles. The lowest BCUT2D eigenvalue weighted by atomic mass is 10.1. The molecular weight excluding hydrogens is 427 g/mol. The van der Waals surface area contributed by atoms with Crippen molar-refractivity contribution in [3.8, 4) is 0 Å². The molecule has 0 fully saturated rings. The van der Waals surface area contributed by atoms with Gasteiger partial charge < -0.3 is 5.32 Å². The van der Waals surface area contributed by atoms with E-state index in [1.165, 1.54) is 24.3 Å². The van der Waals surface area contributed by atoms with Crippen LogP contribution in [0.3, 0.4) is 0 Å². The van der Waals surface area contributed by atoms with E-state index in [1.807, 2.05) is 31.2 Å². The predicted molar refractivity (Wildman–Crippen MR) is 115 cm³/mol. The number of hydrogen-bond donors (Lipinski definition) is 1. The highest BCUT2D eigenvalue weighted by Gasteiger charge is 2.27. The molecule has 3 aromatic rings. The van der Waals surface area contributed by atoms with Crippen molar-refractivity contribution < 1.29 is 17.6 Å². The van der Waals surface area contributed by atoms with Gasteiger partial charge >= 0.3 is 0 Å². The third kappa shape index (κ3) is 4.98. The Morgan fingerprint density at radius 1 is 1.03 bits per heavy atom. The van der Waals surface area contributed by atoms with Gasteiger partial charge in [-0.3, -0.25) is 9.10 Å². The first-order valence-corrected chi connectivity index (χ1v) is 10.9. The van der Waals surface area contributed by atoms with Gasteiger partial charge in [-0.25, -0.2) is 12.8 Å². The van der Waals surface area contributed by atoms with Crippen LogP contribution in [0.1, 0.15) is 11.1 Å². The monoisotopic (exact) mass is 446 g/mol. The van der Waals surface area contributed by atoms with E-state index >= 15 is 0 Å². The van der Waals surface area contributed by atoms with Crippen LogP contribution in [0.4, 0.5) is 10.1 Å². The highest BCUT2D eigenvalue weighted by molar-refractivity contribution is 7.92. The average molecular weight is 447 g/mol. The Kier molecular flexibility index (Phi) is 6.74. The molecule has 3 rings (SSSR count). The van der Waals surface area contributed by atoms with Crippen LogP contribution in [-0.2, 0) is 21.4 Å². The molecule has 0 saturated heterocycles. The fourth-order valence-corrected chi connectivity index (χ4v) is 4.47. The van der Waals surface area contributed by atoms with Crippen molar-refractivity contribution in [3.05, 3.63) is 94.8 Å². The van der Waals surface area contributed by atoms with E-state index in [-0.39, 0.29) is 22.2 Å². The summed E-state index contributed by atoms with van der Waals surface area (Å²) in [6.45, 7) is 1.70. The molecule has 156 valence electrons. The molecule has 8 heteroatoms. The third-order valence-corrected chi connectivity index (χ3v) is 6.62. The average Bonchev–Trinajstić information content (AvgIpc) is 2.74. The van der Waals surface area contributed by atoms with Crippen LogP contribution in [0.5, 0.6) is 0 Å². The van der Waals surface area contributed by atoms with E-state index in [9.17, 15) is 17.6 Å². The quantitative estimate of drug-likeness (QED) is 0.588. The largest absolute Gasteiger partial charge is 0.350 e. The van der Waals surface area contributed by atoms with Gasteiger partial charge in [-0.1, -0.05) is 54.1 Å². The highest BCUT2D eigenvalue weighted by Crippen LogP contribution is 2.27. The number of carbonyl (C=O) groups is 1. The fourth-order valence-electron chi connectivity index (χ4n) is 2.86. The molecule has 0 saturated carbocycles. The molecule has 0 radical (unpaired) electrons. The standard InChI is InChI=1S/C22H20ClFN2O3S/c1-16-7-5-6-8-17(16)14-25-22(27)15-26(18-11-12-21(24)20(23)13-18)30(28,29)19-9-3-2-4-10-19/h2-13H,14-15H2,1H3,(H,25,27). The molecule has 5 nitrogen and oxygen atoms in total. The van der Waals surface area contributed by atoms with E-state index in [0.717, 1.165) is 21.5 Å². The van der Waals surface area contributed by atoms with Crippen molar-refractivity contribution in [2.75, 3.05) is 10.8 Å². The van der Waals surface area contributed by atoms with E-state index in [4.69, 9.17) is 11.6 Å². The first-order chi connectivity index (χ1) is 14.3. The van der Waals surface area contributed by atoms with Crippen molar-refractivity contribution in [1.82, 2.24) is 5.32 Å². The fraction of sp³-hybridized carbons (Fsp3) is 0.136. The molecule has 0 spiro atoms. The Balaban J connectivity index is 1.88. The van der Waals surface area contributed by atoms with Gasteiger partial charge in [0.1, 0.15) is 12.4 Å². The second-order valence-corrected chi connectivity index (χ2v) is 8.90. The number of anilines is 1. The summed E-state index contributed by atoms with van der Waals surface area (Å²) >= 11 is 5.85. The van der Waals surface area contributed by atoms with Crippen LogP contribution in [0.2, 0.25) is 5.02 Å². The van der Waals surface area contributed by atoms with Crippen LogP contribution < -0.4 is 9.62 Å². The number of aryl methyl sites for hydroxylation is 1. The minimum atomic E-state index is -4.08. The number of carbonyl (C=O) groups excluding carboxylic acids is 1. The molecule has 1 amide bonds. The summed E-state index contributed by atoms with van der Waals surface area (Å²) in [5, 5.41) is 2.50. The first kappa shape index (κ1) is 21.8. The lowest BCUT2D eigenvalue weighted by Gasteiger charge is -2.24. The van der Waals surface area contributed by atoms with Crippen LogP contribution in [0.25, 0.3) is 0 Å². The molecule has 30 heavy (non-hydrogen) atoms. The van der Waals surface area contributed by atoms with Gasteiger partial charge in [0.05, 0.1) is 15.6 Å². The van der Waals surface area contributed by atoms with Gasteiger partial charge in [-0.15, -0.1) is 0 Å². The van der Waals surface area contributed by atoms with Gasteiger partial charge in [0.2, 0.25) is 5.91 Å².